The Morgan fingerprint density at radius 3 is 2.79 bits per heavy atom. The van der Waals surface area contributed by atoms with Crippen LogP contribution < -0.4 is 0 Å². The summed E-state index contributed by atoms with van der Waals surface area (Å²) in [6, 6.07) is 7.80. The molecule has 0 spiro atoms. The van der Waals surface area contributed by atoms with E-state index in [1.165, 1.54) is 4.88 Å². The number of benzene rings is 1. The van der Waals surface area contributed by atoms with Gasteiger partial charge in [0, 0.05) is 16.6 Å². The SMILES string of the molecule is CCc1cnc(-c2ccccc2Cl)s1. The van der Waals surface area contributed by atoms with Crippen LogP contribution in [0.15, 0.2) is 30.5 Å². The third-order valence-corrected chi connectivity index (χ3v) is 3.51. The lowest BCUT2D eigenvalue weighted by Gasteiger charge is -1.97. The molecule has 14 heavy (non-hydrogen) atoms. The van der Waals surface area contributed by atoms with Gasteiger partial charge in [0.25, 0.3) is 0 Å². The third-order valence-electron chi connectivity index (χ3n) is 2.01. The Kier molecular flexibility index (Phi) is 2.85. The first-order valence-corrected chi connectivity index (χ1v) is 5.70. The van der Waals surface area contributed by atoms with Crippen LogP contribution in [0.3, 0.4) is 0 Å². The van der Waals surface area contributed by atoms with E-state index >= 15 is 0 Å². The fraction of sp³-hybridized carbons (Fsp3) is 0.182. The second-order valence-electron chi connectivity index (χ2n) is 2.97. The summed E-state index contributed by atoms with van der Waals surface area (Å²) in [4.78, 5) is 5.64. The van der Waals surface area contributed by atoms with Crippen LogP contribution in [-0.4, -0.2) is 4.98 Å². The van der Waals surface area contributed by atoms with Crippen LogP contribution in [0.2, 0.25) is 5.02 Å². The molecule has 0 radical (unpaired) electrons. The quantitative estimate of drug-likeness (QED) is 0.749. The van der Waals surface area contributed by atoms with Gasteiger partial charge in [0.15, 0.2) is 0 Å². The van der Waals surface area contributed by atoms with Crippen LogP contribution in [0.1, 0.15) is 11.8 Å². The second kappa shape index (κ2) is 4.11. The van der Waals surface area contributed by atoms with Gasteiger partial charge in [-0.05, 0) is 12.5 Å². The van der Waals surface area contributed by atoms with E-state index in [4.69, 9.17) is 11.6 Å². The van der Waals surface area contributed by atoms with E-state index in [-0.39, 0.29) is 0 Å². The van der Waals surface area contributed by atoms with Crippen LogP contribution >= 0.6 is 22.9 Å². The highest BCUT2D eigenvalue weighted by Crippen LogP contribution is 2.30. The Bertz CT molecular complexity index is 436. The molecule has 0 saturated heterocycles. The predicted octanol–water partition coefficient (Wildman–Crippen LogP) is 4.03. The minimum Gasteiger partial charge on any atom is -0.244 e. The highest BCUT2D eigenvalue weighted by atomic mass is 35.5. The van der Waals surface area contributed by atoms with Crippen LogP contribution in [-0.2, 0) is 6.42 Å². The standard InChI is InChI=1S/C11H10ClNS/c1-2-8-7-13-11(14-8)9-5-3-4-6-10(9)12/h3-7H,2H2,1H3. The normalized spacial score (nSPS) is 10.4. The smallest absolute Gasteiger partial charge is 0.125 e. The molecular formula is C11H10ClNS. The molecule has 2 rings (SSSR count). The van der Waals surface area contributed by atoms with Gasteiger partial charge in [0.2, 0.25) is 0 Å². The number of hydrogen-bond donors (Lipinski definition) is 0. The summed E-state index contributed by atoms with van der Waals surface area (Å²) in [7, 11) is 0. The van der Waals surface area contributed by atoms with E-state index in [1.54, 1.807) is 11.3 Å². The summed E-state index contributed by atoms with van der Waals surface area (Å²) in [6.07, 6.45) is 2.95. The highest BCUT2D eigenvalue weighted by Gasteiger charge is 2.06. The van der Waals surface area contributed by atoms with Crippen molar-refractivity contribution < 1.29 is 0 Å². The van der Waals surface area contributed by atoms with Crippen molar-refractivity contribution in [3.05, 3.63) is 40.4 Å². The van der Waals surface area contributed by atoms with Gasteiger partial charge in [-0.2, -0.15) is 0 Å². The van der Waals surface area contributed by atoms with Gasteiger partial charge >= 0.3 is 0 Å². The van der Waals surface area contributed by atoms with Gasteiger partial charge < -0.3 is 0 Å². The summed E-state index contributed by atoms with van der Waals surface area (Å²) in [5, 5.41) is 1.77. The number of rotatable bonds is 2. The maximum Gasteiger partial charge on any atom is 0.125 e. The zero-order valence-corrected chi connectivity index (χ0v) is 9.40. The zero-order valence-electron chi connectivity index (χ0n) is 7.83. The molecule has 0 unspecified atom stereocenters. The maximum atomic E-state index is 6.08. The predicted molar refractivity (Wildman–Crippen MR) is 61.9 cm³/mol. The Labute approximate surface area is 92.4 Å². The molecule has 0 fully saturated rings. The molecule has 0 saturated carbocycles. The van der Waals surface area contributed by atoms with Crippen molar-refractivity contribution in [3.63, 3.8) is 0 Å². The summed E-state index contributed by atoms with van der Waals surface area (Å²) in [5.41, 5.74) is 1.03. The van der Waals surface area contributed by atoms with E-state index in [9.17, 15) is 0 Å². The topological polar surface area (TPSA) is 12.9 Å². The fourth-order valence-electron chi connectivity index (χ4n) is 1.23. The fourth-order valence-corrected chi connectivity index (χ4v) is 2.40. The Hall–Kier alpha value is -0.860. The van der Waals surface area contributed by atoms with E-state index in [0.717, 1.165) is 22.0 Å². The lowest BCUT2D eigenvalue weighted by atomic mass is 10.2. The van der Waals surface area contributed by atoms with E-state index in [0.29, 0.717) is 0 Å². The van der Waals surface area contributed by atoms with Gasteiger partial charge in [0.1, 0.15) is 5.01 Å². The molecule has 1 nitrogen and oxygen atoms in total. The molecule has 2 aromatic rings. The third kappa shape index (κ3) is 1.81. The van der Waals surface area contributed by atoms with Crippen molar-refractivity contribution in [1.82, 2.24) is 4.98 Å². The molecule has 3 heteroatoms. The highest BCUT2D eigenvalue weighted by molar-refractivity contribution is 7.15. The lowest BCUT2D eigenvalue weighted by Crippen LogP contribution is -1.75. The van der Waals surface area contributed by atoms with Crippen molar-refractivity contribution in [2.24, 2.45) is 0 Å². The maximum absolute atomic E-state index is 6.08. The van der Waals surface area contributed by atoms with Crippen molar-refractivity contribution >= 4 is 22.9 Å². The van der Waals surface area contributed by atoms with Gasteiger partial charge in [0.05, 0.1) is 5.02 Å². The second-order valence-corrected chi connectivity index (χ2v) is 4.49. The van der Waals surface area contributed by atoms with Crippen LogP contribution in [0, 0.1) is 0 Å². The van der Waals surface area contributed by atoms with Crippen molar-refractivity contribution in [2.75, 3.05) is 0 Å². The average Bonchev–Trinajstić information content (AvgIpc) is 2.67. The van der Waals surface area contributed by atoms with Gasteiger partial charge in [-0.25, -0.2) is 4.98 Å². The molecule has 0 N–H and O–H groups in total. The number of aromatic nitrogens is 1. The number of thiazole rings is 1. The van der Waals surface area contributed by atoms with Crippen LogP contribution in [0.4, 0.5) is 0 Å². The number of aryl methyl sites for hydroxylation is 1. The number of halogens is 1. The lowest BCUT2D eigenvalue weighted by molar-refractivity contribution is 1.17. The molecule has 1 aromatic heterocycles. The Balaban J connectivity index is 2.44. The van der Waals surface area contributed by atoms with Crippen LogP contribution in [0.25, 0.3) is 10.6 Å². The number of hydrogen-bond acceptors (Lipinski definition) is 2. The first kappa shape index (κ1) is 9.69. The largest absolute Gasteiger partial charge is 0.244 e. The minimum absolute atomic E-state index is 0.768. The van der Waals surface area contributed by atoms with E-state index < -0.39 is 0 Å². The summed E-state index contributed by atoms with van der Waals surface area (Å²) in [6.45, 7) is 2.13. The van der Waals surface area contributed by atoms with Gasteiger partial charge in [-0.1, -0.05) is 36.7 Å². The first-order valence-electron chi connectivity index (χ1n) is 4.51. The zero-order chi connectivity index (χ0) is 9.97. The van der Waals surface area contributed by atoms with Gasteiger partial charge in [-0.15, -0.1) is 11.3 Å². The molecule has 1 aromatic carbocycles. The minimum atomic E-state index is 0.768. The van der Waals surface area contributed by atoms with Crippen molar-refractivity contribution in [2.45, 2.75) is 13.3 Å². The van der Waals surface area contributed by atoms with E-state index in [1.807, 2.05) is 30.5 Å². The van der Waals surface area contributed by atoms with Crippen molar-refractivity contribution in [1.29, 1.82) is 0 Å². The Morgan fingerprint density at radius 1 is 1.36 bits per heavy atom. The molecule has 72 valence electrons. The summed E-state index contributed by atoms with van der Waals surface area (Å²) in [5.74, 6) is 0. The molecule has 0 amide bonds. The number of nitrogens with zero attached hydrogens (tertiary/aromatic N) is 1. The Morgan fingerprint density at radius 2 is 2.14 bits per heavy atom. The molecule has 1 heterocycles. The summed E-state index contributed by atoms with van der Waals surface area (Å²) >= 11 is 7.78. The molecule has 0 bridgehead atoms. The van der Waals surface area contributed by atoms with Crippen LogP contribution in [0.5, 0.6) is 0 Å². The van der Waals surface area contributed by atoms with Crippen molar-refractivity contribution in [3.8, 4) is 10.6 Å². The van der Waals surface area contributed by atoms with Gasteiger partial charge in [-0.3, -0.25) is 0 Å². The molecule has 0 aliphatic carbocycles. The molecule has 0 aliphatic heterocycles. The first-order chi connectivity index (χ1) is 6.81. The summed E-state index contributed by atoms with van der Waals surface area (Å²) < 4.78 is 0. The average molecular weight is 224 g/mol. The van der Waals surface area contributed by atoms with E-state index in [2.05, 4.69) is 11.9 Å². The molecule has 0 aliphatic rings. The monoisotopic (exact) mass is 223 g/mol. The molecule has 0 atom stereocenters. The molecular weight excluding hydrogens is 214 g/mol.